The summed E-state index contributed by atoms with van der Waals surface area (Å²) < 4.78 is 35.3. The zero-order valence-electron chi connectivity index (χ0n) is 19.7. The SMILES string of the molecule is C=C/N=N\C(=C/C1[C@H](C(C)C)CC[C@]1(C)C(=O)N1CC2(CCCO2)C1)c1c(F)cccc1F. The van der Waals surface area contributed by atoms with E-state index < -0.39 is 17.0 Å². The molecule has 2 saturated heterocycles. The molecular weight excluding hydrogens is 424 g/mol. The van der Waals surface area contributed by atoms with Crippen molar-refractivity contribution in [3.63, 3.8) is 0 Å². The first-order chi connectivity index (χ1) is 15.7. The van der Waals surface area contributed by atoms with Crippen molar-refractivity contribution in [2.45, 2.75) is 52.1 Å². The van der Waals surface area contributed by atoms with Crippen LogP contribution in [0.3, 0.4) is 0 Å². The number of carbonyl (C=O) groups excluding carboxylic acids is 1. The van der Waals surface area contributed by atoms with E-state index in [1.54, 1.807) is 6.08 Å². The second kappa shape index (κ2) is 9.09. The van der Waals surface area contributed by atoms with Gasteiger partial charge in [-0.2, -0.15) is 10.2 Å². The Labute approximate surface area is 194 Å². The van der Waals surface area contributed by atoms with E-state index in [2.05, 4.69) is 30.7 Å². The maximum atomic E-state index is 14.7. The second-order valence-corrected chi connectivity index (χ2v) is 10.2. The molecular formula is C26H33F2N3O2. The van der Waals surface area contributed by atoms with E-state index in [1.165, 1.54) is 24.4 Å². The molecule has 0 N–H and O–H groups in total. The van der Waals surface area contributed by atoms with Crippen molar-refractivity contribution < 1.29 is 18.3 Å². The number of allylic oxidation sites excluding steroid dienone is 1. The molecule has 3 atom stereocenters. The fourth-order valence-electron chi connectivity index (χ4n) is 5.93. The summed E-state index contributed by atoms with van der Waals surface area (Å²) in [5.41, 5.74) is -0.991. The van der Waals surface area contributed by atoms with Gasteiger partial charge in [0.25, 0.3) is 0 Å². The lowest BCUT2D eigenvalue weighted by Crippen LogP contribution is -2.65. The number of azo groups is 1. The number of hydrogen-bond acceptors (Lipinski definition) is 4. The summed E-state index contributed by atoms with van der Waals surface area (Å²) in [4.78, 5) is 15.6. The van der Waals surface area contributed by atoms with Crippen molar-refractivity contribution in [1.29, 1.82) is 0 Å². The molecule has 1 amide bonds. The van der Waals surface area contributed by atoms with Crippen molar-refractivity contribution in [3.8, 4) is 0 Å². The Balaban J connectivity index is 1.71. The van der Waals surface area contributed by atoms with E-state index in [0.29, 0.717) is 25.4 Å². The fraction of sp³-hybridized carbons (Fsp3) is 0.577. The van der Waals surface area contributed by atoms with Crippen LogP contribution < -0.4 is 0 Å². The molecule has 178 valence electrons. The van der Waals surface area contributed by atoms with Crippen LogP contribution in [0.15, 0.2) is 47.3 Å². The number of nitrogens with zero attached hydrogens (tertiary/aromatic N) is 3. The lowest BCUT2D eigenvalue weighted by atomic mass is 9.71. The number of ether oxygens (including phenoxy) is 1. The average molecular weight is 458 g/mol. The van der Waals surface area contributed by atoms with Crippen molar-refractivity contribution in [3.05, 3.63) is 54.3 Å². The molecule has 33 heavy (non-hydrogen) atoms. The van der Waals surface area contributed by atoms with Crippen molar-refractivity contribution in [1.82, 2.24) is 4.90 Å². The van der Waals surface area contributed by atoms with Gasteiger partial charge in [0.1, 0.15) is 17.2 Å². The number of halogens is 2. The molecule has 3 aliphatic rings. The minimum absolute atomic E-state index is 0.0852. The molecule has 1 aromatic rings. The van der Waals surface area contributed by atoms with Crippen LogP contribution in [-0.2, 0) is 9.53 Å². The zero-order chi connectivity index (χ0) is 23.8. The van der Waals surface area contributed by atoms with E-state index in [9.17, 15) is 13.6 Å². The minimum Gasteiger partial charge on any atom is -0.371 e. The maximum Gasteiger partial charge on any atom is 0.229 e. The Hall–Kier alpha value is -2.41. The molecule has 1 unspecified atom stereocenters. The standard InChI is InChI=1S/C26H33F2N3O2/c1-5-29-30-22(23-20(27)8-6-9-21(23)28)14-19-18(17(2)3)10-12-25(19,4)24(32)31-15-26(16-31)11-7-13-33-26/h5-6,8-9,14,17-19H,1,7,10-13,15-16H2,2-4H3/b22-14-,30-29-/t18-,19?,25-/m0/s1. The van der Waals surface area contributed by atoms with Crippen LogP contribution in [0.5, 0.6) is 0 Å². The third kappa shape index (κ3) is 4.27. The monoisotopic (exact) mass is 457 g/mol. The highest BCUT2D eigenvalue weighted by molar-refractivity contribution is 5.85. The summed E-state index contributed by atoms with van der Waals surface area (Å²) in [6, 6.07) is 3.73. The van der Waals surface area contributed by atoms with Gasteiger partial charge in [0, 0.05) is 12.8 Å². The molecule has 7 heteroatoms. The lowest BCUT2D eigenvalue weighted by molar-refractivity contribution is -0.168. The highest BCUT2D eigenvalue weighted by Crippen LogP contribution is 2.53. The van der Waals surface area contributed by atoms with Gasteiger partial charge in [-0.05, 0) is 55.6 Å². The Morgan fingerprint density at radius 3 is 2.55 bits per heavy atom. The topological polar surface area (TPSA) is 54.3 Å². The van der Waals surface area contributed by atoms with Crippen LogP contribution in [0.4, 0.5) is 8.78 Å². The number of likely N-dealkylation sites (tertiary alicyclic amines) is 1. The molecule has 1 aromatic carbocycles. The van der Waals surface area contributed by atoms with Crippen LogP contribution in [0.2, 0.25) is 0 Å². The maximum absolute atomic E-state index is 14.7. The predicted molar refractivity (Wildman–Crippen MR) is 123 cm³/mol. The van der Waals surface area contributed by atoms with E-state index in [-0.39, 0.29) is 34.6 Å². The molecule has 5 nitrogen and oxygen atoms in total. The molecule has 2 heterocycles. The van der Waals surface area contributed by atoms with Crippen LogP contribution in [0.25, 0.3) is 5.70 Å². The van der Waals surface area contributed by atoms with Crippen molar-refractivity contribution >= 4 is 11.6 Å². The zero-order valence-corrected chi connectivity index (χ0v) is 19.7. The Morgan fingerprint density at radius 1 is 1.27 bits per heavy atom. The quantitative estimate of drug-likeness (QED) is 0.493. The first kappa shape index (κ1) is 23.7. The number of amides is 1. The van der Waals surface area contributed by atoms with Gasteiger partial charge in [0.05, 0.1) is 29.8 Å². The molecule has 1 spiro atoms. The third-order valence-corrected chi connectivity index (χ3v) is 7.77. The Morgan fingerprint density at radius 2 is 1.97 bits per heavy atom. The van der Waals surface area contributed by atoms with E-state index in [1.807, 2.05) is 11.8 Å². The van der Waals surface area contributed by atoms with Gasteiger partial charge in [-0.3, -0.25) is 4.79 Å². The molecule has 1 saturated carbocycles. The van der Waals surface area contributed by atoms with Crippen LogP contribution in [-0.4, -0.2) is 36.1 Å². The molecule has 2 aliphatic heterocycles. The normalized spacial score (nSPS) is 29.3. The summed E-state index contributed by atoms with van der Waals surface area (Å²) in [5, 5.41) is 7.92. The van der Waals surface area contributed by atoms with Crippen LogP contribution in [0.1, 0.15) is 52.0 Å². The van der Waals surface area contributed by atoms with Crippen molar-refractivity contribution in [2.24, 2.45) is 33.4 Å². The van der Waals surface area contributed by atoms with E-state index >= 15 is 0 Å². The van der Waals surface area contributed by atoms with Gasteiger partial charge in [-0.1, -0.05) is 39.5 Å². The predicted octanol–water partition coefficient (Wildman–Crippen LogP) is 5.98. The summed E-state index contributed by atoms with van der Waals surface area (Å²) in [6.07, 6.45) is 6.60. The largest absolute Gasteiger partial charge is 0.371 e. The fourth-order valence-corrected chi connectivity index (χ4v) is 5.93. The van der Waals surface area contributed by atoms with Gasteiger partial charge in [0.15, 0.2) is 0 Å². The van der Waals surface area contributed by atoms with Crippen LogP contribution in [0, 0.1) is 34.8 Å². The number of benzene rings is 1. The smallest absolute Gasteiger partial charge is 0.229 e. The summed E-state index contributed by atoms with van der Waals surface area (Å²) in [7, 11) is 0. The van der Waals surface area contributed by atoms with Gasteiger partial charge in [0.2, 0.25) is 5.91 Å². The van der Waals surface area contributed by atoms with E-state index in [4.69, 9.17) is 4.74 Å². The summed E-state index contributed by atoms with van der Waals surface area (Å²) in [6.45, 7) is 11.8. The van der Waals surface area contributed by atoms with Gasteiger partial charge >= 0.3 is 0 Å². The number of rotatable bonds is 6. The molecule has 3 fully saturated rings. The average Bonchev–Trinajstić information content (AvgIpc) is 3.36. The molecule has 4 rings (SSSR count). The first-order valence-corrected chi connectivity index (χ1v) is 11.8. The van der Waals surface area contributed by atoms with Crippen molar-refractivity contribution in [2.75, 3.05) is 19.7 Å². The van der Waals surface area contributed by atoms with Gasteiger partial charge in [-0.25, -0.2) is 8.78 Å². The number of hydrogen-bond donors (Lipinski definition) is 0. The summed E-state index contributed by atoms with van der Waals surface area (Å²) >= 11 is 0. The highest BCUT2D eigenvalue weighted by Gasteiger charge is 2.56. The molecule has 0 aromatic heterocycles. The first-order valence-electron chi connectivity index (χ1n) is 11.8. The Bertz CT molecular complexity index is 955. The van der Waals surface area contributed by atoms with Crippen LogP contribution >= 0.6 is 0 Å². The van der Waals surface area contributed by atoms with Gasteiger partial charge in [-0.15, -0.1) is 0 Å². The van der Waals surface area contributed by atoms with Gasteiger partial charge < -0.3 is 9.64 Å². The molecule has 0 radical (unpaired) electrons. The Kier molecular flexibility index (Phi) is 6.54. The lowest BCUT2D eigenvalue weighted by Gasteiger charge is -2.50. The third-order valence-electron chi connectivity index (χ3n) is 7.77. The summed E-state index contributed by atoms with van der Waals surface area (Å²) in [5.74, 6) is -1.09. The molecule has 0 bridgehead atoms. The number of carbonyl (C=O) groups is 1. The highest BCUT2D eigenvalue weighted by atomic mass is 19.1. The molecule has 1 aliphatic carbocycles. The minimum atomic E-state index is -0.709. The van der Waals surface area contributed by atoms with E-state index in [0.717, 1.165) is 25.9 Å². The second-order valence-electron chi connectivity index (χ2n) is 10.2.